The predicted octanol–water partition coefficient (Wildman–Crippen LogP) is 2.12. The lowest BCUT2D eigenvalue weighted by Crippen LogP contribution is -2.50. The van der Waals surface area contributed by atoms with E-state index in [1.807, 2.05) is 46.2 Å². The summed E-state index contributed by atoms with van der Waals surface area (Å²) in [6.45, 7) is 7.13. The molecule has 2 aliphatic rings. The number of hydrogen-bond acceptors (Lipinski definition) is 6. The lowest BCUT2D eigenvalue weighted by Gasteiger charge is -2.36. The van der Waals surface area contributed by atoms with E-state index in [9.17, 15) is 0 Å². The molecule has 0 spiro atoms. The first kappa shape index (κ1) is 25.6. The zero-order chi connectivity index (χ0) is 24.5. The zero-order valence-electron chi connectivity index (χ0n) is 19.9. The number of methoxy groups -OCH3 is 2. The minimum atomic E-state index is 0.490. The van der Waals surface area contributed by atoms with Gasteiger partial charge in [0.15, 0.2) is 10.2 Å². The summed E-state index contributed by atoms with van der Waals surface area (Å²) in [6, 6.07) is 16.1. The molecule has 0 bridgehead atoms. The number of nitrogens with two attached hydrogens (primary N) is 2. The molecule has 0 amide bonds. The summed E-state index contributed by atoms with van der Waals surface area (Å²) in [4.78, 5) is 8.66. The van der Waals surface area contributed by atoms with Gasteiger partial charge in [-0.15, -0.1) is 0 Å². The molecular weight excluding hydrogens is 468 g/mol. The molecule has 4 N–H and O–H groups in total. The van der Waals surface area contributed by atoms with Crippen LogP contribution in [0.3, 0.4) is 0 Å². The van der Waals surface area contributed by atoms with Crippen molar-refractivity contribution in [3.8, 4) is 11.5 Å². The molecule has 0 atom stereocenters. The number of piperazine rings is 2. The van der Waals surface area contributed by atoms with Gasteiger partial charge in [0, 0.05) is 52.4 Å². The number of ether oxygens (including phenoxy) is 2. The van der Waals surface area contributed by atoms with Gasteiger partial charge in [-0.3, -0.25) is 0 Å². The van der Waals surface area contributed by atoms with Gasteiger partial charge in [-0.25, -0.2) is 0 Å². The lowest BCUT2D eigenvalue weighted by atomic mass is 10.2. The van der Waals surface area contributed by atoms with Crippen molar-refractivity contribution in [1.82, 2.24) is 9.80 Å². The molecule has 0 unspecified atom stereocenters. The third-order valence-electron chi connectivity index (χ3n) is 6.03. The van der Waals surface area contributed by atoms with Gasteiger partial charge in [0.1, 0.15) is 11.5 Å². The van der Waals surface area contributed by atoms with E-state index >= 15 is 0 Å². The van der Waals surface area contributed by atoms with Crippen LogP contribution in [0.5, 0.6) is 11.5 Å². The van der Waals surface area contributed by atoms with Crippen molar-refractivity contribution in [2.75, 3.05) is 76.4 Å². The summed E-state index contributed by atoms with van der Waals surface area (Å²) in [7, 11) is 3.40. The fourth-order valence-corrected chi connectivity index (χ4v) is 4.48. The Labute approximate surface area is 213 Å². The Morgan fingerprint density at radius 2 is 0.941 bits per heavy atom. The fourth-order valence-electron chi connectivity index (χ4n) is 4.12. The van der Waals surface area contributed by atoms with Crippen LogP contribution in [0.4, 0.5) is 11.4 Å². The van der Waals surface area contributed by atoms with Crippen LogP contribution in [0, 0.1) is 0 Å². The monoisotopic (exact) mass is 502 g/mol. The Morgan fingerprint density at radius 1 is 0.618 bits per heavy atom. The quantitative estimate of drug-likeness (QED) is 0.607. The Bertz CT molecular complexity index is 882. The molecule has 0 aromatic heterocycles. The van der Waals surface area contributed by atoms with Gasteiger partial charge in [0.2, 0.25) is 0 Å². The fraction of sp³-hybridized carbons (Fsp3) is 0.417. The number of hydrogen-bond donors (Lipinski definition) is 2. The molecule has 0 saturated carbocycles. The van der Waals surface area contributed by atoms with E-state index in [2.05, 4.69) is 21.9 Å². The third-order valence-corrected chi connectivity index (χ3v) is 6.55. The largest absolute Gasteiger partial charge is 0.495 e. The average molecular weight is 503 g/mol. The molecule has 10 heteroatoms. The second kappa shape index (κ2) is 12.5. The van der Waals surface area contributed by atoms with Crippen LogP contribution in [0.2, 0.25) is 0 Å². The number of rotatable bonds is 4. The third kappa shape index (κ3) is 6.54. The average Bonchev–Trinajstić information content (AvgIpc) is 2.89. The highest BCUT2D eigenvalue weighted by Gasteiger charge is 2.20. The molecule has 2 aromatic rings. The van der Waals surface area contributed by atoms with Crippen LogP contribution in [-0.2, 0) is 0 Å². The van der Waals surface area contributed by atoms with Crippen molar-refractivity contribution in [3.63, 3.8) is 0 Å². The summed E-state index contributed by atoms with van der Waals surface area (Å²) in [5.74, 6) is 1.83. The Balaban J connectivity index is 0.000000191. The molecule has 34 heavy (non-hydrogen) atoms. The predicted molar refractivity (Wildman–Crippen MR) is 147 cm³/mol. The smallest absolute Gasteiger partial charge is 0.166 e. The summed E-state index contributed by atoms with van der Waals surface area (Å²) in [5.41, 5.74) is 13.5. The minimum absolute atomic E-state index is 0.490. The second-order valence-electron chi connectivity index (χ2n) is 7.97. The van der Waals surface area contributed by atoms with Gasteiger partial charge in [-0.05, 0) is 48.7 Å². The van der Waals surface area contributed by atoms with E-state index in [1.165, 1.54) is 0 Å². The maximum absolute atomic E-state index is 5.62. The molecular formula is C24H34N6O2S2. The highest BCUT2D eigenvalue weighted by atomic mass is 32.1. The first-order chi connectivity index (χ1) is 16.4. The highest BCUT2D eigenvalue weighted by molar-refractivity contribution is 7.80. The molecule has 2 heterocycles. The lowest BCUT2D eigenvalue weighted by molar-refractivity contribution is 0.380. The topological polar surface area (TPSA) is 83.5 Å². The molecule has 0 aliphatic carbocycles. The van der Waals surface area contributed by atoms with Gasteiger partial charge in [0.25, 0.3) is 0 Å². The minimum Gasteiger partial charge on any atom is -0.495 e. The Kier molecular flexibility index (Phi) is 9.41. The van der Waals surface area contributed by atoms with Crippen molar-refractivity contribution in [2.24, 2.45) is 11.5 Å². The second-order valence-corrected chi connectivity index (χ2v) is 8.80. The van der Waals surface area contributed by atoms with Gasteiger partial charge in [-0.2, -0.15) is 0 Å². The Hall–Kier alpha value is -2.98. The summed E-state index contributed by atoms with van der Waals surface area (Å²) in [6.07, 6.45) is 0. The highest BCUT2D eigenvalue weighted by Crippen LogP contribution is 2.29. The van der Waals surface area contributed by atoms with E-state index in [0.717, 1.165) is 75.2 Å². The van der Waals surface area contributed by atoms with Crippen molar-refractivity contribution in [3.05, 3.63) is 48.5 Å². The van der Waals surface area contributed by atoms with Crippen molar-refractivity contribution in [1.29, 1.82) is 0 Å². The van der Waals surface area contributed by atoms with Gasteiger partial charge < -0.3 is 40.5 Å². The van der Waals surface area contributed by atoms with E-state index < -0.39 is 0 Å². The van der Waals surface area contributed by atoms with E-state index in [1.54, 1.807) is 14.2 Å². The molecule has 2 aromatic carbocycles. The van der Waals surface area contributed by atoms with E-state index in [0.29, 0.717) is 10.2 Å². The van der Waals surface area contributed by atoms with Crippen LogP contribution in [0.15, 0.2) is 48.5 Å². The summed E-state index contributed by atoms with van der Waals surface area (Å²) in [5, 5.41) is 0.981. The van der Waals surface area contributed by atoms with Gasteiger partial charge in [-0.1, -0.05) is 24.3 Å². The van der Waals surface area contributed by atoms with Crippen LogP contribution in [0.25, 0.3) is 0 Å². The van der Waals surface area contributed by atoms with Crippen LogP contribution < -0.4 is 30.7 Å². The van der Waals surface area contributed by atoms with Crippen molar-refractivity contribution in [2.45, 2.75) is 0 Å². The molecule has 8 nitrogen and oxygen atoms in total. The maximum Gasteiger partial charge on any atom is 0.166 e. The number of thiocarbonyl (C=S) groups is 2. The number of anilines is 2. The van der Waals surface area contributed by atoms with E-state index in [-0.39, 0.29) is 0 Å². The Morgan fingerprint density at radius 3 is 1.24 bits per heavy atom. The molecule has 184 valence electrons. The van der Waals surface area contributed by atoms with Crippen molar-refractivity contribution >= 4 is 46.0 Å². The first-order valence-corrected chi connectivity index (χ1v) is 12.1. The van der Waals surface area contributed by atoms with E-state index in [4.69, 9.17) is 45.4 Å². The van der Waals surface area contributed by atoms with Crippen LogP contribution >= 0.6 is 24.4 Å². The molecule has 2 saturated heterocycles. The number of benzene rings is 2. The zero-order valence-corrected chi connectivity index (χ0v) is 21.5. The number of nitrogens with zero attached hydrogens (tertiary/aromatic N) is 4. The SMILES string of the molecule is COc1ccccc1N1CCN(C(N)=S)CC1.COc1ccccc1N1CCN(C(N)=S)CC1. The van der Waals surface area contributed by atoms with Crippen LogP contribution in [0.1, 0.15) is 0 Å². The molecule has 4 rings (SSSR count). The standard InChI is InChI=1S/2C12H17N3OS/c2*1-16-11-5-3-2-4-10(11)14-6-8-15(9-7-14)12(13)17/h2*2-5H,6-9H2,1H3,(H2,13,17). The maximum atomic E-state index is 5.62. The van der Waals surface area contributed by atoms with Crippen molar-refractivity contribution < 1.29 is 9.47 Å². The van der Waals surface area contributed by atoms with Gasteiger partial charge >= 0.3 is 0 Å². The normalized spacial score (nSPS) is 15.8. The number of para-hydroxylation sites is 4. The molecule has 2 aliphatic heterocycles. The molecule has 2 fully saturated rings. The van der Waals surface area contributed by atoms with Gasteiger partial charge in [0.05, 0.1) is 25.6 Å². The van der Waals surface area contributed by atoms with Crippen LogP contribution in [-0.4, -0.2) is 86.6 Å². The summed E-state index contributed by atoms with van der Waals surface area (Å²) < 4.78 is 10.7. The molecule has 0 radical (unpaired) electrons. The summed E-state index contributed by atoms with van der Waals surface area (Å²) >= 11 is 9.96. The first-order valence-electron chi connectivity index (χ1n) is 11.3.